The number of imide groups is 1. The van der Waals surface area contributed by atoms with Crippen molar-refractivity contribution in [3.8, 4) is 0 Å². The number of hydrogen-bond donors (Lipinski definition) is 0. The normalized spacial score (nSPS) is 27.5. The minimum Gasteiger partial charge on any atom is -0.284 e. The Morgan fingerprint density at radius 2 is 1.70 bits per heavy atom. The lowest BCUT2D eigenvalue weighted by atomic mass is 9.91. The molecule has 0 radical (unpaired) electrons. The molecule has 2 amide bonds. The van der Waals surface area contributed by atoms with Crippen molar-refractivity contribution >= 4 is 17.5 Å². The van der Waals surface area contributed by atoms with E-state index in [-0.39, 0.29) is 17.9 Å². The minimum absolute atomic E-state index is 0.225. The first kappa shape index (κ1) is 14.0. The average molecular weight is 309 g/mol. The number of carbonyl (C=O) groups is 2. The van der Waals surface area contributed by atoms with Crippen molar-refractivity contribution in [2.24, 2.45) is 5.92 Å². The molecular formula is C17H15N3O3. The number of anilines is 1. The van der Waals surface area contributed by atoms with Crippen molar-refractivity contribution in [2.75, 3.05) is 11.9 Å². The molecule has 3 atom stereocenters. The van der Waals surface area contributed by atoms with Crippen LogP contribution in [0.25, 0.3) is 0 Å². The van der Waals surface area contributed by atoms with Crippen LogP contribution in [0.4, 0.5) is 5.69 Å². The number of nitrogens with zero attached hydrogens (tertiary/aromatic N) is 3. The van der Waals surface area contributed by atoms with E-state index in [0.717, 1.165) is 5.56 Å². The molecule has 6 nitrogen and oxygen atoms in total. The summed E-state index contributed by atoms with van der Waals surface area (Å²) in [6, 6.07) is 12.3. The van der Waals surface area contributed by atoms with Gasteiger partial charge in [0.15, 0.2) is 6.10 Å². The van der Waals surface area contributed by atoms with Crippen LogP contribution in [0, 0.1) is 5.92 Å². The van der Waals surface area contributed by atoms with E-state index in [1.807, 2.05) is 18.2 Å². The van der Waals surface area contributed by atoms with E-state index in [1.54, 1.807) is 48.8 Å². The SMILES string of the molecule is CN1OC2C(=O)N(c3ccccc3)C(=O)C2C1c1ccncc1. The van der Waals surface area contributed by atoms with E-state index >= 15 is 0 Å². The molecule has 2 aromatic rings. The van der Waals surface area contributed by atoms with E-state index in [1.165, 1.54) is 4.90 Å². The van der Waals surface area contributed by atoms with Crippen molar-refractivity contribution in [3.63, 3.8) is 0 Å². The molecule has 4 rings (SSSR count). The van der Waals surface area contributed by atoms with Crippen LogP contribution in [0.3, 0.4) is 0 Å². The Bertz CT molecular complexity index is 750. The predicted octanol–water partition coefficient (Wildman–Crippen LogP) is 1.56. The van der Waals surface area contributed by atoms with Crippen molar-refractivity contribution in [1.82, 2.24) is 10.0 Å². The van der Waals surface area contributed by atoms with Gasteiger partial charge in [0, 0.05) is 19.4 Å². The fourth-order valence-corrected chi connectivity index (χ4v) is 3.36. The summed E-state index contributed by atoms with van der Waals surface area (Å²) in [4.78, 5) is 36.5. The van der Waals surface area contributed by atoms with Crippen LogP contribution in [-0.4, -0.2) is 35.0 Å². The monoisotopic (exact) mass is 309 g/mol. The first-order chi connectivity index (χ1) is 11.2. The van der Waals surface area contributed by atoms with Crippen LogP contribution in [0.2, 0.25) is 0 Å². The standard InChI is InChI=1S/C17H15N3O3/c1-19-14(11-7-9-18-10-8-11)13-15(23-19)17(22)20(16(13)21)12-5-3-2-4-6-12/h2-10,13-15H,1H3. The van der Waals surface area contributed by atoms with Gasteiger partial charge < -0.3 is 0 Å². The molecule has 3 heterocycles. The maximum absolute atomic E-state index is 12.9. The number of aromatic nitrogens is 1. The summed E-state index contributed by atoms with van der Waals surface area (Å²) in [5.41, 5.74) is 1.49. The van der Waals surface area contributed by atoms with Crippen LogP contribution in [0.5, 0.6) is 0 Å². The molecule has 0 bridgehead atoms. The van der Waals surface area contributed by atoms with Crippen LogP contribution in [0.15, 0.2) is 54.9 Å². The van der Waals surface area contributed by atoms with Gasteiger partial charge in [0.25, 0.3) is 5.91 Å². The third-order valence-electron chi connectivity index (χ3n) is 4.37. The number of pyridine rings is 1. The van der Waals surface area contributed by atoms with Gasteiger partial charge >= 0.3 is 0 Å². The summed E-state index contributed by atoms with van der Waals surface area (Å²) in [6.07, 6.45) is 2.57. The van der Waals surface area contributed by atoms with Crippen LogP contribution in [0.1, 0.15) is 11.6 Å². The van der Waals surface area contributed by atoms with Gasteiger partial charge in [-0.25, -0.2) is 4.90 Å². The number of para-hydroxylation sites is 1. The second kappa shape index (κ2) is 5.26. The van der Waals surface area contributed by atoms with E-state index in [0.29, 0.717) is 5.69 Å². The molecule has 2 saturated heterocycles. The van der Waals surface area contributed by atoms with Gasteiger partial charge in [0.2, 0.25) is 5.91 Å². The van der Waals surface area contributed by atoms with Gasteiger partial charge in [-0.3, -0.25) is 19.4 Å². The van der Waals surface area contributed by atoms with Gasteiger partial charge in [-0.15, -0.1) is 0 Å². The van der Waals surface area contributed by atoms with E-state index in [4.69, 9.17) is 4.84 Å². The molecular weight excluding hydrogens is 294 g/mol. The summed E-state index contributed by atoms with van der Waals surface area (Å²) in [5.74, 6) is -1.08. The van der Waals surface area contributed by atoms with Gasteiger partial charge in [0.05, 0.1) is 17.6 Å². The van der Waals surface area contributed by atoms with E-state index < -0.39 is 12.0 Å². The number of fused-ring (bicyclic) bond motifs is 1. The van der Waals surface area contributed by atoms with E-state index in [2.05, 4.69) is 4.98 Å². The van der Waals surface area contributed by atoms with Gasteiger partial charge in [0.1, 0.15) is 0 Å². The highest BCUT2D eigenvalue weighted by Crippen LogP contribution is 2.44. The Labute approximate surface area is 133 Å². The summed E-state index contributed by atoms with van der Waals surface area (Å²) in [6.45, 7) is 0. The molecule has 0 saturated carbocycles. The Balaban J connectivity index is 1.73. The predicted molar refractivity (Wildman–Crippen MR) is 82.0 cm³/mol. The molecule has 2 fully saturated rings. The molecule has 116 valence electrons. The Morgan fingerprint density at radius 3 is 2.39 bits per heavy atom. The molecule has 3 unspecified atom stereocenters. The fourth-order valence-electron chi connectivity index (χ4n) is 3.36. The van der Waals surface area contributed by atoms with Crippen LogP contribution in [-0.2, 0) is 14.4 Å². The molecule has 0 N–H and O–H groups in total. The summed E-state index contributed by atoms with van der Waals surface area (Å²) < 4.78 is 0. The molecule has 0 aliphatic carbocycles. The second-order valence-electron chi connectivity index (χ2n) is 5.67. The van der Waals surface area contributed by atoms with Crippen molar-refractivity contribution in [2.45, 2.75) is 12.1 Å². The highest BCUT2D eigenvalue weighted by atomic mass is 16.7. The zero-order valence-corrected chi connectivity index (χ0v) is 12.5. The number of hydroxylamine groups is 2. The maximum Gasteiger partial charge on any atom is 0.265 e. The smallest absolute Gasteiger partial charge is 0.265 e. The summed E-state index contributed by atoms with van der Waals surface area (Å²) >= 11 is 0. The topological polar surface area (TPSA) is 62.7 Å². The third-order valence-corrected chi connectivity index (χ3v) is 4.37. The minimum atomic E-state index is -0.772. The Kier molecular flexibility index (Phi) is 3.21. The number of hydrogen-bond acceptors (Lipinski definition) is 5. The quantitative estimate of drug-likeness (QED) is 0.788. The number of amides is 2. The van der Waals surface area contributed by atoms with Crippen molar-refractivity contribution in [3.05, 3.63) is 60.4 Å². The zero-order chi connectivity index (χ0) is 16.0. The van der Waals surface area contributed by atoms with Gasteiger partial charge in [-0.2, -0.15) is 5.06 Å². The lowest BCUT2D eigenvalue weighted by Gasteiger charge is -2.23. The van der Waals surface area contributed by atoms with Crippen LogP contribution >= 0.6 is 0 Å². The number of carbonyl (C=O) groups excluding carboxylic acids is 2. The highest BCUT2D eigenvalue weighted by Gasteiger charge is 2.59. The number of benzene rings is 1. The maximum atomic E-state index is 12.9. The zero-order valence-electron chi connectivity index (χ0n) is 12.5. The lowest BCUT2D eigenvalue weighted by molar-refractivity contribution is -0.160. The highest BCUT2D eigenvalue weighted by molar-refractivity contribution is 6.23. The average Bonchev–Trinajstić information content (AvgIpc) is 3.04. The largest absolute Gasteiger partial charge is 0.284 e. The second-order valence-corrected chi connectivity index (χ2v) is 5.67. The Morgan fingerprint density at radius 1 is 1.00 bits per heavy atom. The molecule has 6 heteroatoms. The van der Waals surface area contributed by atoms with Gasteiger partial charge in [-0.1, -0.05) is 18.2 Å². The van der Waals surface area contributed by atoms with Crippen LogP contribution < -0.4 is 4.90 Å². The summed E-state index contributed by atoms with van der Waals surface area (Å²) in [7, 11) is 1.75. The molecule has 23 heavy (non-hydrogen) atoms. The van der Waals surface area contributed by atoms with Crippen molar-refractivity contribution in [1.29, 1.82) is 0 Å². The molecule has 0 spiro atoms. The number of rotatable bonds is 2. The fraction of sp³-hybridized carbons (Fsp3) is 0.235. The molecule has 1 aromatic heterocycles. The van der Waals surface area contributed by atoms with Crippen molar-refractivity contribution < 1.29 is 14.4 Å². The first-order valence-electron chi connectivity index (χ1n) is 7.41. The Hall–Kier alpha value is -2.57. The van der Waals surface area contributed by atoms with Gasteiger partial charge in [-0.05, 0) is 29.8 Å². The first-order valence-corrected chi connectivity index (χ1v) is 7.41. The molecule has 2 aliphatic rings. The lowest BCUT2D eigenvalue weighted by Crippen LogP contribution is -2.36. The van der Waals surface area contributed by atoms with E-state index in [9.17, 15) is 9.59 Å². The summed E-state index contributed by atoms with van der Waals surface area (Å²) in [5, 5.41) is 1.60. The third kappa shape index (κ3) is 2.07. The molecule has 2 aliphatic heterocycles. The molecule has 1 aromatic carbocycles.